The number of thiazole rings is 1. The monoisotopic (exact) mass is 441 g/mol. The SMILES string of the molecule is O=C(O)C(=NOCc1ccc(Cl)cc1Cl)c1csc(NC(=O)C(F)(F)F)n1. The van der Waals surface area contributed by atoms with Crippen molar-refractivity contribution in [2.24, 2.45) is 5.16 Å². The third-order valence-electron chi connectivity index (χ3n) is 2.82. The summed E-state index contributed by atoms with van der Waals surface area (Å²) < 4.78 is 36.7. The van der Waals surface area contributed by atoms with E-state index in [4.69, 9.17) is 28.0 Å². The first-order valence-electron chi connectivity index (χ1n) is 6.79. The number of anilines is 1. The molecule has 144 valence electrons. The van der Waals surface area contributed by atoms with Crippen molar-refractivity contribution in [2.45, 2.75) is 12.8 Å². The number of aromatic nitrogens is 1. The third-order valence-corrected chi connectivity index (χ3v) is 4.16. The maximum Gasteiger partial charge on any atom is 0.471 e. The lowest BCUT2D eigenvalue weighted by Crippen LogP contribution is -2.29. The Kier molecular flexibility index (Phi) is 6.63. The number of nitrogens with zero attached hydrogens (tertiary/aromatic N) is 2. The molecular weight excluding hydrogens is 434 g/mol. The van der Waals surface area contributed by atoms with E-state index in [-0.39, 0.29) is 17.3 Å². The van der Waals surface area contributed by atoms with Crippen molar-refractivity contribution < 1.29 is 32.7 Å². The van der Waals surface area contributed by atoms with Crippen molar-refractivity contribution in [2.75, 3.05) is 5.32 Å². The van der Waals surface area contributed by atoms with Gasteiger partial charge in [-0.3, -0.25) is 10.1 Å². The molecule has 0 aliphatic heterocycles. The number of carbonyl (C=O) groups excluding carboxylic acids is 1. The molecule has 0 spiro atoms. The minimum absolute atomic E-state index is 0.186. The summed E-state index contributed by atoms with van der Waals surface area (Å²) in [6.45, 7) is -0.186. The molecule has 1 aromatic heterocycles. The number of benzene rings is 1. The number of carboxylic acid groups (broad SMARTS) is 1. The number of hydrogen-bond acceptors (Lipinski definition) is 6. The Labute approximate surface area is 163 Å². The number of nitrogens with one attached hydrogen (secondary N) is 1. The van der Waals surface area contributed by atoms with Gasteiger partial charge in [-0.25, -0.2) is 9.78 Å². The van der Waals surface area contributed by atoms with E-state index >= 15 is 0 Å². The fourth-order valence-corrected chi connectivity index (χ4v) is 2.76. The first-order valence-corrected chi connectivity index (χ1v) is 8.42. The number of aliphatic carboxylic acids is 1. The van der Waals surface area contributed by atoms with Crippen LogP contribution in [0.1, 0.15) is 11.3 Å². The van der Waals surface area contributed by atoms with Gasteiger partial charge in [-0.1, -0.05) is 34.4 Å². The summed E-state index contributed by atoms with van der Waals surface area (Å²) in [5.41, 5.74) is -0.470. The van der Waals surface area contributed by atoms with E-state index in [1.54, 1.807) is 12.1 Å². The number of oxime groups is 1. The highest BCUT2D eigenvalue weighted by atomic mass is 35.5. The minimum Gasteiger partial charge on any atom is -0.476 e. The van der Waals surface area contributed by atoms with Crippen molar-refractivity contribution in [1.29, 1.82) is 0 Å². The molecule has 0 bridgehead atoms. The van der Waals surface area contributed by atoms with Crippen LogP contribution in [-0.2, 0) is 21.0 Å². The van der Waals surface area contributed by atoms with Crippen molar-refractivity contribution in [3.05, 3.63) is 44.9 Å². The smallest absolute Gasteiger partial charge is 0.471 e. The number of hydrogen-bond donors (Lipinski definition) is 2. The second kappa shape index (κ2) is 8.55. The largest absolute Gasteiger partial charge is 0.476 e. The van der Waals surface area contributed by atoms with Gasteiger partial charge in [-0.05, 0) is 12.1 Å². The predicted molar refractivity (Wildman–Crippen MR) is 92.2 cm³/mol. The molecule has 0 aliphatic rings. The quantitative estimate of drug-likeness (QED) is 0.521. The van der Waals surface area contributed by atoms with Crippen LogP contribution in [0.25, 0.3) is 0 Å². The van der Waals surface area contributed by atoms with Gasteiger partial charge in [0, 0.05) is 21.0 Å². The zero-order chi connectivity index (χ0) is 20.2. The Morgan fingerprint density at radius 1 is 1.33 bits per heavy atom. The molecule has 0 saturated carbocycles. The van der Waals surface area contributed by atoms with Gasteiger partial charge >= 0.3 is 18.1 Å². The van der Waals surface area contributed by atoms with Crippen molar-refractivity contribution in [3.63, 3.8) is 0 Å². The Hall–Kier alpha value is -2.37. The summed E-state index contributed by atoms with van der Waals surface area (Å²) in [4.78, 5) is 30.7. The van der Waals surface area contributed by atoms with Crippen LogP contribution in [0.15, 0.2) is 28.7 Å². The van der Waals surface area contributed by atoms with Crippen LogP contribution in [0.3, 0.4) is 0 Å². The maximum absolute atomic E-state index is 12.2. The normalized spacial score (nSPS) is 12.0. The number of carboxylic acids is 1. The summed E-state index contributed by atoms with van der Waals surface area (Å²) in [6.07, 6.45) is -5.10. The number of alkyl halides is 3. The highest BCUT2D eigenvalue weighted by Crippen LogP contribution is 2.23. The lowest BCUT2D eigenvalue weighted by molar-refractivity contribution is -0.167. The fraction of sp³-hybridized carbons (Fsp3) is 0.143. The summed E-state index contributed by atoms with van der Waals surface area (Å²) >= 11 is 12.3. The summed E-state index contributed by atoms with van der Waals surface area (Å²) in [7, 11) is 0. The van der Waals surface area contributed by atoms with Crippen molar-refractivity contribution in [3.8, 4) is 0 Å². The predicted octanol–water partition coefficient (Wildman–Crippen LogP) is 3.96. The molecule has 0 radical (unpaired) electrons. The van der Waals surface area contributed by atoms with Gasteiger partial charge in [0.25, 0.3) is 0 Å². The molecule has 0 atom stereocenters. The lowest BCUT2D eigenvalue weighted by Gasteiger charge is -2.05. The molecule has 2 N–H and O–H groups in total. The van der Waals surface area contributed by atoms with Crippen LogP contribution >= 0.6 is 34.5 Å². The van der Waals surface area contributed by atoms with Gasteiger partial charge in [0.1, 0.15) is 12.3 Å². The van der Waals surface area contributed by atoms with Gasteiger partial charge in [0.2, 0.25) is 5.71 Å². The van der Waals surface area contributed by atoms with Gasteiger partial charge in [-0.2, -0.15) is 13.2 Å². The molecular formula is C14H8Cl2F3N3O4S. The molecule has 2 rings (SSSR count). The Balaban J connectivity index is 2.12. The molecule has 0 unspecified atom stereocenters. The van der Waals surface area contributed by atoms with Gasteiger partial charge in [0.05, 0.1) is 0 Å². The van der Waals surface area contributed by atoms with Crippen molar-refractivity contribution in [1.82, 2.24) is 4.98 Å². The molecule has 1 amide bonds. The lowest BCUT2D eigenvalue weighted by atomic mass is 10.2. The van der Waals surface area contributed by atoms with Crippen LogP contribution in [-0.4, -0.2) is 33.9 Å². The molecule has 1 heterocycles. The van der Waals surface area contributed by atoms with Crippen LogP contribution < -0.4 is 5.32 Å². The van der Waals surface area contributed by atoms with Gasteiger partial charge in [-0.15, -0.1) is 11.3 Å². The first-order chi connectivity index (χ1) is 12.6. The Bertz CT molecular complexity index is 902. The minimum atomic E-state index is -5.10. The summed E-state index contributed by atoms with van der Waals surface area (Å²) in [6, 6.07) is 4.55. The fourth-order valence-electron chi connectivity index (χ4n) is 1.61. The second-order valence-electron chi connectivity index (χ2n) is 4.74. The number of halogens is 5. The van der Waals surface area contributed by atoms with Crippen molar-refractivity contribution >= 4 is 57.3 Å². The van der Waals surface area contributed by atoms with E-state index in [1.807, 2.05) is 0 Å². The van der Waals surface area contributed by atoms with E-state index in [2.05, 4.69) is 10.1 Å². The van der Waals surface area contributed by atoms with E-state index in [9.17, 15) is 27.9 Å². The molecule has 0 fully saturated rings. The molecule has 2 aromatic rings. The molecule has 0 saturated heterocycles. The first kappa shape index (κ1) is 20.9. The number of amides is 1. The average Bonchev–Trinajstić information content (AvgIpc) is 3.00. The number of rotatable bonds is 6. The highest BCUT2D eigenvalue weighted by molar-refractivity contribution is 7.14. The molecule has 13 heteroatoms. The van der Waals surface area contributed by atoms with Crippen LogP contribution in [0, 0.1) is 0 Å². The molecule has 7 nitrogen and oxygen atoms in total. The average molecular weight is 442 g/mol. The maximum atomic E-state index is 12.2. The summed E-state index contributed by atoms with van der Waals surface area (Å²) in [5.74, 6) is -3.76. The number of carbonyl (C=O) groups is 2. The van der Waals surface area contributed by atoms with Crippen LogP contribution in [0.4, 0.5) is 18.3 Å². The second-order valence-corrected chi connectivity index (χ2v) is 6.45. The summed E-state index contributed by atoms with van der Waals surface area (Å²) in [5, 5.41) is 15.5. The van der Waals surface area contributed by atoms with E-state index < -0.39 is 28.9 Å². The highest BCUT2D eigenvalue weighted by Gasteiger charge is 2.39. The Morgan fingerprint density at radius 3 is 2.63 bits per heavy atom. The molecule has 27 heavy (non-hydrogen) atoms. The van der Waals surface area contributed by atoms with Gasteiger partial charge in [0.15, 0.2) is 5.13 Å². The zero-order valence-electron chi connectivity index (χ0n) is 12.9. The zero-order valence-corrected chi connectivity index (χ0v) is 15.2. The molecule has 1 aromatic carbocycles. The standard InChI is InChI=1S/C14H8Cl2F3N3O4S/c15-7-2-1-6(8(16)3-7)4-26-22-10(11(23)24)9-5-27-13(20-9)21-12(25)14(17,18)19/h1-3,5H,4H2,(H,23,24)(H,20,21,25). The van der Waals surface area contributed by atoms with Crippen LogP contribution in [0.5, 0.6) is 0 Å². The van der Waals surface area contributed by atoms with E-state index in [0.717, 1.165) is 5.38 Å². The topological polar surface area (TPSA) is 101 Å². The van der Waals surface area contributed by atoms with E-state index in [1.165, 1.54) is 11.4 Å². The molecule has 0 aliphatic carbocycles. The van der Waals surface area contributed by atoms with E-state index in [0.29, 0.717) is 21.9 Å². The Morgan fingerprint density at radius 2 is 2.04 bits per heavy atom. The van der Waals surface area contributed by atoms with Crippen LogP contribution in [0.2, 0.25) is 10.0 Å². The third kappa shape index (κ3) is 5.81. The van der Waals surface area contributed by atoms with Gasteiger partial charge < -0.3 is 9.94 Å².